The van der Waals surface area contributed by atoms with Crippen LogP contribution in [0.3, 0.4) is 0 Å². The van der Waals surface area contributed by atoms with Crippen molar-refractivity contribution in [3.63, 3.8) is 0 Å². The first-order valence-electron chi connectivity index (χ1n) is 10.7. The van der Waals surface area contributed by atoms with E-state index in [2.05, 4.69) is 27.1 Å². The summed E-state index contributed by atoms with van der Waals surface area (Å²) in [5.74, 6) is -0.760. The molecule has 0 spiro atoms. The molecule has 2 saturated heterocycles. The molecule has 0 unspecified atom stereocenters. The van der Waals surface area contributed by atoms with Gasteiger partial charge in [0.25, 0.3) is 0 Å². The summed E-state index contributed by atoms with van der Waals surface area (Å²) < 4.78 is 20.8. The zero-order valence-electron chi connectivity index (χ0n) is 17.8. The van der Waals surface area contributed by atoms with Crippen molar-refractivity contribution in [3.8, 4) is 0 Å². The van der Waals surface area contributed by atoms with Gasteiger partial charge in [-0.05, 0) is 49.4 Å². The van der Waals surface area contributed by atoms with Crippen molar-refractivity contribution in [2.75, 3.05) is 7.05 Å². The Morgan fingerprint density at radius 3 is 2.74 bits per heavy atom. The van der Waals surface area contributed by atoms with Gasteiger partial charge in [-0.1, -0.05) is 18.2 Å². The second kappa shape index (κ2) is 6.74. The standard InChI is InChI=1S/C23H26N4O4/c1-23(2)30-18-17(16(28)14-7-5-12-4-6-13(12)10-14)29-22(19(18)31-23)27-9-8-15-20(24-3)25-11-26-21(15)27/h5,7-11,16-19,22,28H,4,6H2,1-3H3,(H,24,25,26)/t16-,17-,18-,19-,22-/m1/s1. The van der Waals surface area contributed by atoms with E-state index in [4.69, 9.17) is 14.2 Å². The summed E-state index contributed by atoms with van der Waals surface area (Å²) in [5.41, 5.74) is 5.01. The summed E-state index contributed by atoms with van der Waals surface area (Å²) in [6, 6.07) is 8.15. The second-order valence-corrected chi connectivity index (χ2v) is 8.96. The molecule has 2 N–H and O–H groups in total. The van der Waals surface area contributed by atoms with Crippen LogP contribution >= 0.6 is 0 Å². The number of ether oxygens (including phenoxy) is 3. The van der Waals surface area contributed by atoms with E-state index in [0.29, 0.717) is 0 Å². The molecule has 8 nitrogen and oxygen atoms in total. The molecule has 4 heterocycles. The predicted octanol–water partition coefficient (Wildman–Crippen LogP) is 2.14. The smallest absolute Gasteiger partial charge is 0.164 e. The van der Waals surface area contributed by atoms with E-state index in [1.807, 2.05) is 36.7 Å². The SMILES string of the molecule is C/N=c1\[nH]cnc2c1ccn2[C@@H]1O[C@H]([C@H](O)c2ccc3c(c2)CC3)[C@H]2OC(C)(C)O[C@H]21. The fourth-order valence-electron chi connectivity index (χ4n) is 5.06. The van der Waals surface area contributed by atoms with Crippen molar-refractivity contribution in [2.24, 2.45) is 4.99 Å². The van der Waals surface area contributed by atoms with Gasteiger partial charge in [0.2, 0.25) is 0 Å². The minimum atomic E-state index is -0.815. The highest BCUT2D eigenvalue weighted by molar-refractivity contribution is 5.74. The van der Waals surface area contributed by atoms with E-state index in [1.54, 1.807) is 13.4 Å². The van der Waals surface area contributed by atoms with Crippen LogP contribution in [0.5, 0.6) is 0 Å². The van der Waals surface area contributed by atoms with Crippen molar-refractivity contribution >= 4 is 11.0 Å². The maximum atomic E-state index is 11.3. The number of aliphatic hydroxyl groups excluding tert-OH is 1. The van der Waals surface area contributed by atoms with E-state index < -0.39 is 30.3 Å². The van der Waals surface area contributed by atoms with Crippen LogP contribution < -0.4 is 5.49 Å². The van der Waals surface area contributed by atoms with Gasteiger partial charge in [-0.3, -0.25) is 4.99 Å². The van der Waals surface area contributed by atoms with Crippen molar-refractivity contribution in [1.82, 2.24) is 14.5 Å². The first-order chi connectivity index (χ1) is 14.9. The van der Waals surface area contributed by atoms with E-state index >= 15 is 0 Å². The molecule has 31 heavy (non-hydrogen) atoms. The number of aliphatic hydroxyl groups is 1. The summed E-state index contributed by atoms with van der Waals surface area (Å²) >= 11 is 0. The van der Waals surface area contributed by atoms with E-state index in [9.17, 15) is 5.11 Å². The van der Waals surface area contributed by atoms with Crippen LogP contribution in [0.25, 0.3) is 11.0 Å². The zero-order valence-corrected chi connectivity index (χ0v) is 17.8. The van der Waals surface area contributed by atoms with Crippen LogP contribution in [0.1, 0.15) is 42.9 Å². The molecule has 5 atom stereocenters. The highest BCUT2D eigenvalue weighted by Crippen LogP contribution is 2.47. The van der Waals surface area contributed by atoms with Crippen molar-refractivity contribution < 1.29 is 19.3 Å². The molecule has 3 aromatic rings. The normalized spacial score (nSPS) is 30.3. The van der Waals surface area contributed by atoms with Gasteiger partial charge in [0.15, 0.2) is 12.0 Å². The predicted molar refractivity (Wildman–Crippen MR) is 112 cm³/mol. The summed E-state index contributed by atoms with van der Waals surface area (Å²) in [4.78, 5) is 11.9. The molecule has 3 aliphatic rings. The lowest BCUT2D eigenvalue weighted by atomic mass is 9.85. The third kappa shape index (κ3) is 2.90. The van der Waals surface area contributed by atoms with Crippen LogP contribution in [0.15, 0.2) is 41.8 Å². The molecule has 6 rings (SSSR count). The van der Waals surface area contributed by atoms with Crippen LogP contribution in [0, 0.1) is 0 Å². The van der Waals surface area contributed by atoms with E-state index in [1.165, 1.54) is 11.1 Å². The molecular formula is C23H26N4O4. The maximum absolute atomic E-state index is 11.3. The van der Waals surface area contributed by atoms with Crippen LogP contribution in [-0.4, -0.2) is 50.8 Å². The van der Waals surface area contributed by atoms with Crippen molar-refractivity contribution in [1.29, 1.82) is 0 Å². The summed E-state index contributed by atoms with van der Waals surface area (Å²) in [7, 11) is 1.74. The molecule has 0 saturated carbocycles. The third-order valence-corrected chi connectivity index (χ3v) is 6.64. The van der Waals surface area contributed by atoms with Crippen LogP contribution in [-0.2, 0) is 27.1 Å². The number of fused-ring (bicyclic) bond motifs is 3. The van der Waals surface area contributed by atoms with Gasteiger partial charge in [-0.15, -0.1) is 0 Å². The van der Waals surface area contributed by atoms with Gasteiger partial charge in [0, 0.05) is 13.2 Å². The largest absolute Gasteiger partial charge is 0.386 e. The Balaban J connectivity index is 1.39. The molecule has 0 bridgehead atoms. The molecule has 1 aliphatic carbocycles. The lowest BCUT2D eigenvalue weighted by Gasteiger charge is -2.28. The summed E-state index contributed by atoms with van der Waals surface area (Å²) in [5, 5.41) is 12.2. The Hall–Kier alpha value is -2.52. The first-order valence-corrected chi connectivity index (χ1v) is 10.7. The van der Waals surface area contributed by atoms with Gasteiger partial charge < -0.3 is 28.9 Å². The van der Waals surface area contributed by atoms with Gasteiger partial charge in [0.1, 0.15) is 35.6 Å². The molecule has 2 aliphatic heterocycles. The number of benzene rings is 1. The number of rotatable bonds is 3. The van der Waals surface area contributed by atoms with Gasteiger partial charge in [-0.25, -0.2) is 4.98 Å². The lowest BCUT2D eigenvalue weighted by molar-refractivity contribution is -0.207. The lowest BCUT2D eigenvalue weighted by Crippen LogP contribution is -2.34. The Labute approximate surface area is 179 Å². The van der Waals surface area contributed by atoms with Gasteiger partial charge in [-0.2, -0.15) is 0 Å². The highest BCUT2D eigenvalue weighted by atomic mass is 16.8. The number of aromatic amines is 1. The molecule has 0 radical (unpaired) electrons. The quantitative estimate of drug-likeness (QED) is 0.675. The third-order valence-electron chi connectivity index (χ3n) is 6.64. The second-order valence-electron chi connectivity index (χ2n) is 8.96. The average molecular weight is 422 g/mol. The number of nitrogens with one attached hydrogen (secondary N) is 1. The van der Waals surface area contributed by atoms with Crippen molar-refractivity contribution in [2.45, 2.75) is 63.1 Å². The summed E-state index contributed by atoms with van der Waals surface area (Å²) in [6.45, 7) is 3.79. The number of aryl methyl sites for hydroxylation is 2. The minimum Gasteiger partial charge on any atom is -0.386 e. The van der Waals surface area contributed by atoms with Crippen molar-refractivity contribution in [3.05, 3.63) is 59.0 Å². The average Bonchev–Trinajstić information content (AvgIpc) is 3.38. The highest BCUT2D eigenvalue weighted by Gasteiger charge is 2.58. The summed E-state index contributed by atoms with van der Waals surface area (Å²) in [6.07, 6.45) is 3.10. The van der Waals surface area contributed by atoms with Gasteiger partial charge >= 0.3 is 0 Å². The molecule has 162 valence electrons. The monoisotopic (exact) mass is 422 g/mol. The number of nitrogens with zero attached hydrogens (tertiary/aromatic N) is 3. The van der Waals surface area contributed by atoms with Crippen LogP contribution in [0.2, 0.25) is 0 Å². The fraction of sp³-hybridized carbons (Fsp3) is 0.478. The van der Waals surface area contributed by atoms with E-state index in [-0.39, 0.29) is 6.10 Å². The van der Waals surface area contributed by atoms with Crippen LogP contribution in [0.4, 0.5) is 0 Å². The molecular weight excluding hydrogens is 396 g/mol. The molecule has 2 aromatic heterocycles. The Morgan fingerprint density at radius 1 is 1.19 bits per heavy atom. The molecule has 2 fully saturated rings. The molecule has 0 amide bonds. The Kier molecular flexibility index (Phi) is 4.17. The fourth-order valence-corrected chi connectivity index (χ4v) is 5.06. The zero-order chi connectivity index (χ0) is 21.3. The molecule has 1 aromatic carbocycles. The Bertz CT molecular complexity index is 1230. The number of aromatic nitrogens is 3. The number of hydrogen-bond acceptors (Lipinski definition) is 6. The minimum absolute atomic E-state index is 0.370. The topological polar surface area (TPSA) is 93.9 Å². The Morgan fingerprint density at radius 2 is 2.00 bits per heavy atom. The first kappa shape index (κ1) is 19.2. The number of hydrogen-bond donors (Lipinski definition) is 2. The number of H-pyrrole nitrogens is 1. The maximum Gasteiger partial charge on any atom is 0.164 e. The van der Waals surface area contributed by atoms with E-state index in [0.717, 1.165) is 34.9 Å². The van der Waals surface area contributed by atoms with Gasteiger partial charge in [0.05, 0.1) is 11.7 Å². The molecule has 8 heteroatoms.